The molecule has 1 unspecified atom stereocenters. The summed E-state index contributed by atoms with van der Waals surface area (Å²) in [6.07, 6.45) is 0. The third-order valence-corrected chi connectivity index (χ3v) is 4.45. The molecule has 0 bridgehead atoms. The minimum atomic E-state index is -3.60. The van der Waals surface area contributed by atoms with E-state index in [9.17, 15) is 8.42 Å². The van der Waals surface area contributed by atoms with Gasteiger partial charge < -0.3 is 9.47 Å². The smallest absolute Gasteiger partial charge is 0.230 e. The van der Waals surface area contributed by atoms with Gasteiger partial charge >= 0.3 is 0 Å². The highest BCUT2D eigenvalue weighted by Crippen LogP contribution is 2.08. The molecule has 0 aliphatic heterocycles. The number of rotatable bonds is 10. The molecular weight excluding hydrogens is 256 g/mol. The highest BCUT2D eigenvalue weighted by atomic mass is 32.2. The fraction of sp³-hybridized carbons (Fsp3) is 0.909. The van der Waals surface area contributed by atoms with Gasteiger partial charge in [0.25, 0.3) is 0 Å². The van der Waals surface area contributed by atoms with Crippen LogP contribution in [0.2, 0.25) is 0 Å². The molecule has 0 spiro atoms. The lowest BCUT2D eigenvalue weighted by molar-refractivity contribution is 0.110. The lowest BCUT2D eigenvalue weighted by Crippen LogP contribution is -2.41. The van der Waals surface area contributed by atoms with Crippen LogP contribution in [0.25, 0.3) is 0 Å². The van der Waals surface area contributed by atoms with E-state index in [1.165, 1.54) is 11.2 Å². The predicted molar refractivity (Wildman–Crippen MR) is 68.6 cm³/mol. The number of hydrogen-bond donors (Lipinski definition) is 0. The first kappa shape index (κ1) is 17.3. The number of hydrogen-bond acceptors (Lipinski definition) is 5. The molecule has 0 aromatic rings. The SMILES string of the molecule is CCOCCN(CCOCC)S(=O)(=O)C(C)C#N. The van der Waals surface area contributed by atoms with Crippen molar-refractivity contribution >= 4 is 10.0 Å². The van der Waals surface area contributed by atoms with Gasteiger partial charge in [0.05, 0.1) is 19.3 Å². The molecule has 0 amide bonds. The van der Waals surface area contributed by atoms with Gasteiger partial charge in [0.2, 0.25) is 10.0 Å². The molecule has 0 aliphatic rings. The second-order valence-electron chi connectivity index (χ2n) is 3.61. The Kier molecular flexibility index (Phi) is 8.93. The average Bonchev–Trinajstić information content (AvgIpc) is 2.36. The van der Waals surface area contributed by atoms with Gasteiger partial charge in [-0.3, -0.25) is 0 Å². The molecule has 0 saturated heterocycles. The van der Waals surface area contributed by atoms with Crippen LogP contribution in [-0.4, -0.2) is 57.5 Å². The van der Waals surface area contributed by atoms with Crippen molar-refractivity contribution in [3.8, 4) is 6.07 Å². The Morgan fingerprint density at radius 2 is 1.61 bits per heavy atom. The van der Waals surface area contributed by atoms with Crippen molar-refractivity contribution in [3.05, 3.63) is 0 Å². The summed E-state index contributed by atoms with van der Waals surface area (Å²) in [4.78, 5) is 0. The third kappa shape index (κ3) is 5.78. The fourth-order valence-corrected chi connectivity index (χ4v) is 2.52. The van der Waals surface area contributed by atoms with E-state index in [-0.39, 0.29) is 13.1 Å². The van der Waals surface area contributed by atoms with Crippen LogP contribution < -0.4 is 0 Å². The normalized spacial score (nSPS) is 13.5. The summed E-state index contributed by atoms with van der Waals surface area (Å²) >= 11 is 0. The molecular formula is C11H22N2O4S. The molecule has 0 aromatic carbocycles. The molecule has 0 N–H and O–H groups in total. The van der Waals surface area contributed by atoms with Crippen LogP contribution in [0.5, 0.6) is 0 Å². The van der Waals surface area contributed by atoms with Crippen molar-refractivity contribution in [3.63, 3.8) is 0 Å². The number of nitrogens with zero attached hydrogens (tertiary/aromatic N) is 2. The van der Waals surface area contributed by atoms with Gasteiger partial charge in [-0.25, -0.2) is 8.42 Å². The van der Waals surface area contributed by atoms with E-state index < -0.39 is 15.3 Å². The summed E-state index contributed by atoms with van der Waals surface area (Å²) < 4.78 is 35.6. The number of ether oxygens (including phenoxy) is 2. The molecule has 0 radical (unpaired) electrons. The van der Waals surface area contributed by atoms with E-state index in [0.29, 0.717) is 26.4 Å². The summed E-state index contributed by atoms with van der Waals surface area (Å²) in [6.45, 7) is 7.27. The first-order valence-corrected chi connectivity index (χ1v) is 7.55. The number of nitriles is 1. The molecule has 0 aliphatic carbocycles. The van der Waals surface area contributed by atoms with Gasteiger partial charge in [-0.2, -0.15) is 9.57 Å². The Balaban J connectivity index is 4.58. The van der Waals surface area contributed by atoms with Crippen molar-refractivity contribution < 1.29 is 17.9 Å². The Bertz CT molecular complexity index is 341. The van der Waals surface area contributed by atoms with E-state index in [1.807, 2.05) is 13.8 Å². The van der Waals surface area contributed by atoms with E-state index in [1.54, 1.807) is 6.07 Å². The fourth-order valence-electron chi connectivity index (χ4n) is 1.28. The van der Waals surface area contributed by atoms with Crippen LogP contribution >= 0.6 is 0 Å². The first-order chi connectivity index (χ1) is 8.50. The Labute approximate surface area is 110 Å². The van der Waals surface area contributed by atoms with E-state index in [4.69, 9.17) is 14.7 Å². The minimum absolute atomic E-state index is 0.245. The van der Waals surface area contributed by atoms with Crippen LogP contribution in [-0.2, 0) is 19.5 Å². The summed E-state index contributed by atoms with van der Waals surface area (Å²) in [5.74, 6) is 0. The molecule has 7 heteroatoms. The molecule has 0 fully saturated rings. The van der Waals surface area contributed by atoms with Gasteiger partial charge in [0.1, 0.15) is 0 Å². The Hall–Kier alpha value is -0.680. The van der Waals surface area contributed by atoms with Crippen LogP contribution in [0.15, 0.2) is 0 Å². The summed E-state index contributed by atoms with van der Waals surface area (Å²) in [6, 6.07) is 1.76. The van der Waals surface area contributed by atoms with Gasteiger partial charge in [-0.1, -0.05) is 0 Å². The third-order valence-electron chi connectivity index (χ3n) is 2.37. The minimum Gasteiger partial charge on any atom is -0.380 e. The first-order valence-electron chi connectivity index (χ1n) is 6.04. The molecule has 0 rings (SSSR count). The maximum atomic E-state index is 12.0. The van der Waals surface area contributed by atoms with Crippen LogP contribution in [0.4, 0.5) is 0 Å². The molecule has 106 valence electrons. The summed E-state index contributed by atoms with van der Waals surface area (Å²) in [7, 11) is -3.60. The van der Waals surface area contributed by atoms with Crippen molar-refractivity contribution in [1.29, 1.82) is 5.26 Å². The van der Waals surface area contributed by atoms with Crippen LogP contribution in [0, 0.1) is 11.3 Å². The van der Waals surface area contributed by atoms with Crippen LogP contribution in [0.1, 0.15) is 20.8 Å². The second-order valence-corrected chi connectivity index (χ2v) is 5.86. The molecule has 6 nitrogen and oxygen atoms in total. The molecule has 0 aromatic heterocycles. The lowest BCUT2D eigenvalue weighted by atomic mass is 10.5. The highest BCUT2D eigenvalue weighted by Gasteiger charge is 2.28. The van der Waals surface area contributed by atoms with Gasteiger partial charge in [0, 0.05) is 26.3 Å². The van der Waals surface area contributed by atoms with Crippen molar-refractivity contribution in [1.82, 2.24) is 4.31 Å². The largest absolute Gasteiger partial charge is 0.380 e. The lowest BCUT2D eigenvalue weighted by Gasteiger charge is -2.23. The average molecular weight is 278 g/mol. The maximum absolute atomic E-state index is 12.0. The second kappa shape index (κ2) is 9.28. The van der Waals surface area contributed by atoms with Crippen LogP contribution in [0.3, 0.4) is 0 Å². The van der Waals surface area contributed by atoms with E-state index in [2.05, 4.69) is 0 Å². The van der Waals surface area contributed by atoms with Crippen molar-refractivity contribution in [2.45, 2.75) is 26.0 Å². The quantitative estimate of drug-likeness (QED) is 0.547. The van der Waals surface area contributed by atoms with Crippen molar-refractivity contribution in [2.24, 2.45) is 0 Å². The molecule has 0 heterocycles. The van der Waals surface area contributed by atoms with E-state index >= 15 is 0 Å². The van der Waals surface area contributed by atoms with Gasteiger partial charge in [-0.05, 0) is 20.8 Å². The highest BCUT2D eigenvalue weighted by molar-refractivity contribution is 7.89. The zero-order valence-electron chi connectivity index (χ0n) is 11.3. The van der Waals surface area contributed by atoms with E-state index in [0.717, 1.165) is 0 Å². The zero-order valence-corrected chi connectivity index (χ0v) is 12.1. The number of sulfonamides is 1. The monoisotopic (exact) mass is 278 g/mol. The van der Waals surface area contributed by atoms with Gasteiger partial charge in [-0.15, -0.1) is 0 Å². The molecule has 18 heavy (non-hydrogen) atoms. The Morgan fingerprint density at radius 3 is 1.94 bits per heavy atom. The summed E-state index contributed by atoms with van der Waals surface area (Å²) in [5.41, 5.74) is 0. The standard InChI is InChI=1S/C11H22N2O4S/c1-4-16-8-6-13(7-9-17-5-2)18(14,15)11(3)10-12/h11H,4-9H2,1-3H3. The molecule has 1 atom stereocenters. The topological polar surface area (TPSA) is 79.6 Å². The zero-order chi connectivity index (χ0) is 14.0. The van der Waals surface area contributed by atoms with Crippen molar-refractivity contribution in [2.75, 3.05) is 39.5 Å². The van der Waals surface area contributed by atoms with Gasteiger partial charge in [0.15, 0.2) is 5.25 Å². The predicted octanol–water partition coefficient (Wildman–Crippen LogP) is 0.603. The summed E-state index contributed by atoms with van der Waals surface area (Å²) in [5, 5.41) is 7.69. The maximum Gasteiger partial charge on any atom is 0.230 e. The Morgan fingerprint density at radius 1 is 1.17 bits per heavy atom. The molecule has 0 saturated carbocycles.